The van der Waals surface area contributed by atoms with Gasteiger partial charge in [0.1, 0.15) is 11.8 Å². The molecule has 0 amide bonds. The second kappa shape index (κ2) is 5.53. The van der Waals surface area contributed by atoms with Crippen molar-refractivity contribution in [2.45, 2.75) is 6.54 Å². The third-order valence-corrected chi connectivity index (χ3v) is 3.70. The van der Waals surface area contributed by atoms with E-state index in [0.29, 0.717) is 17.3 Å². The van der Waals surface area contributed by atoms with E-state index in [1.54, 1.807) is 0 Å². The molecule has 0 spiro atoms. The molecule has 0 unspecified atom stereocenters. The molecule has 0 radical (unpaired) electrons. The van der Waals surface area contributed by atoms with Crippen molar-refractivity contribution >= 4 is 22.5 Å². The molecule has 3 nitrogen and oxygen atoms in total. The quantitative estimate of drug-likeness (QED) is 0.780. The predicted octanol–water partition coefficient (Wildman–Crippen LogP) is 3.89. The summed E-state index contributed by atoms with van der Waals surface area (Å²) in [5.41, 5.74) is 9.27. The van der Waals surface area contributed by atoms with Gasteiger partial charge in [0, 0.05) is 28.1 Å². The maximum absolute atomic E-state index is 9.36. The number of fused-ring (bicyclic) bond motifs is 1. The second-order valence-corrected chi connectivity index (χ2v) is 5.11. The minimum atomic E-state index is 0.371. The number of nitrogens with zero attached hydrogens (tertiary/aromatic N) is 2. The summed E-state index contributed by atoms with van der Waals surface area (Å²) < 4.78 is 0. The zero-order valence-corrected chi connectivity index (χ0v) is 11.9. The molecular weight excluding hydrogens is 282 g/mol. The highest BCUT2D eigenvalue weighted by Gasteiger charge is 2.12. The van der Waals surface area contributed by atoms with Crippen molar-refractivity contribution in [1.29, 1.82) is 5.26 Å². The van der Waals surface area contributed by atoms with E-state index in [9.17, 15) is 5.26 Å². The molecule has 0 atom stereocenters. The molecular formula is C17H12ClN3. The van der Waals surface area contributed by atoms with Crippen LogP contribution in [0, 0.1) is 11.3 Å². The van der Waals surface area contributed by atoms with Gasteiger partial charge in [-0.3, -0.25) is 0 Å². The largest absolute Gasteiger partial charge is 0.326 e. The van der Waals surface area contributed by atoms with E-state index in [2.05, 4.69) is 11.1 Å². The molecule has 0 saturated carbocycles. The molecule has 0 aliphatic heterocycles. The van der Waals surface area contributed by atoms with E-state index in [4.69, 9.17) is 17.3 Å². The van der Waals surface area contributed by atoms with Gasteiger partial charge >= 0.3 is 0 Å². The molecule has 3 aromatic rings. The molecule has 0 bridgehead atoms. The highest BCUT2D eigenvalue weighted by molar-refractivity contribution is 6.33. The Hall–Kier alpha value is -2.41. The summed E-state index contributed by atoms with van der Waals surface area (Å²) >= 11 is 6.33. The van der Waals surface area contributed by atoms with E-state index in [0.717, 1.165) is 27.6 Å². The molecule has 1 aromatic heterocycles. The topological polar surface area (TPSA) is 62.7 Å². The lowest BCUT2D eigenvalue weighted by Gasteiger charge is -2.09. The molecule has 0 aliphatic carbocycles. The molecule has 0 saturated heterocycles. The van der Waals surface area contributed by atoms with E-state index in [1.807, 2.05) is 48.5 Å². The lowest BCUT2D eigenvalue weighted by atomic mass is 10.0. The summed E-state index contributed by atoms with van der Waals surface area (Å²) in [5.74, 6) is 0. The van der Waals surface area contributed by atoms with E-state index >= 15 is 0 Å². The first kappa shape index (κ1) is 13.6. The summed E-state index contributed by atoms with van der Waals surface area (Å²) in [4.78, 5) is 4.41. The van der Waals surface area contributed by atoms with Crippen molar-refractivity contribution in [3.05, 3.63) is 64.8 Å². The van der Waals surface area contributed by atoms with Gasteiger partial charge in [-0.25, -0.2) is 4.98 Å². The van der Waals surface area contributed by atoms with Gasteiger partial charge in [-0.1, -0.05) is 41.9 Å². The lowest BCUT2D eigenvalue weighted by molar-refractivity contribution is 1.07. The van der Waals surface area contributed by atoms with Crippen LogP contribution < -0.4 is 5.73 Å². The Kier molecular flexibility index (Phi) is 3.57. The minimum absolute atomic E-state index is 0.371. The number of benzene rings is 2. The van der Waals surface area contributed by atoms with Crippen molar-refractivity contribution in [3.63, 3.8) is 0 Å². The monoisotopic (exact) mass is 293 g/mol. The van der Waals surface area contributed by atoms with Gasteiger partial charge in [-0.2, -0.15) is 5.26 Å². The number of halogens is 1. The van der Waals surface area contributed by atoms with Crippen LogP contribution in [0.3, 0.4) is 0 Å². The van der Waals surface area contributed by atoms with Crippen molar-refractivity contribution in [2.24, 2.45) is 5.73 Å². The van der Waals surface area contributed by atoms with Crippen LogP contribution in [0.15, 0.2) is 48.5 Å². The Labute approximate surface area is 127 Å². The van der Waals surface area contributed by atoms with Gasteiger partial charge in [-0.05, 0) is 23.8 Å². The Morgan fingerprint density at radius 1 is 1.10 bits per heavy atom. The standard InChI is InChI=1S/C17H12ClN3/c18-15-7-11(9-19)5-6-13(15)14-8-12-3-1-2-4-16(12)21-17(14)10-20/h1-8H,9,19H2. The van der Waals surface area contributed by atoms with Crippen LogP contribution in [0.2, 0.25) is 5.02 Å². The van der Waals surface area contributed by atoms with Gasteiger partial charge in [0.15, 0.2) is 0 Å². The smallest absolute Gasteiger partial charge is 0.149 e. The lowest BCUT2D eigenvalue weighted by Crippen LogP contribution is -1.97. The molecule has 21 heavy (non-hydrogen) atoms. The summed E-state index contributed by atoms with van der Waals surface area (Å²) in [7, 11) is 0. The second-order valence-electron chi connectivity index (χ2n) is 4.71. The normalized spacial score (nSPS) is 10.5. The first-order valence-corrected chi connectivity index (χ1v) is 6.89. The van der Waals surface area contributed by atoms with Crippen LogP contribution in [0.5, 0.6) is 0 Å². The van der Waals surface area contributed by atoms with Gasteiger partial charge in [0.05, 0.1) is 5.52 Å². The molecule has 2 N–H and O–H groups in total. The summed E-state index contributed by atoms with van der Waals surface area (Å²) in [6.45, 7) is 0.432. The molecule has 1 heterocycles. The van der Waals surface area contributed by atoms with Crippen LogP contribution in [-0.4, -0.2) is 4.98 Å². The Morgan fingerprint density at radius 3 is 2.62 bits per heavy atom. The van der Waals surface area contributed by atoms with E-state index < -0.39 is 0 Å². The van der Waals surface area contributed by atoms with Gasteiger partial charge < -0.3 is 5.73 Å². The molecule has 3 rings (SSSR count). The zero-order valence-electron chi connectivity index (χ0n) is 11.2. The molecule has 4 heteroatoms. The number of rotatable bonds is 2. The number of hydrogen-bond acceptors (Lipinski definition) is 3. The highest BCUT2D eigenvalue weighted by Crippen LogP contribution is 2.32. The van der Waals surface area contributed by atoms with Crippen molar-refractivity contribution in [1.82, 2.24) is 4.98 Å². The highest BCUT2D eigenvalue weighted by atomic mass is 35.5. The maximum Gasteiger partial charge on any atom is 0.149 e. The Balaban J connectivity index is 2.26. The minimum Gasteiger partial charge on any atom is -0.326 e. The van der Waals surface area contributed by atoms with Gasteiger partial charge in [0.25, 0.3) is 0 Å². The summed E-state index contributed by atoms with van der Waals surface area (Å²) in [6, 6.07) is 17.4. The maximum atomic E-state index is 9.36. The third kappa shape index (κ3) is 2.47. The Morgan fingerprint density at radius 2 is 1.90 bits per heavy atom. The van der Waals surface area contributed by atoms with E-state index in [1.165, 1.54) is 0 Å². The van der Waals surface area contributed by atoms with Crippen LogP contribution in [-0.2, 0) is 6.54 Å². The molecule has 0 fully saturated rings. The number of para-hydroxylation sites is 1. The number of hydrogen-bond donors (Lipinski definition) is 1. The van der Waals surface area contributed by atoms with Crippen LogP contribution in [0.4, 0.5) is 0 Å². The summed E-state index contributed by atoms with van der Waals surface area (Å²) in [6.07, 6.45) is 0. The number of aromatic nitrogens is 1. The molecule has 0 aliphatic rings. The third-order valence-electron chi connectivity index (χ3n) is 3.39. The number of nitriles is 1. The summed E-state index contributed by atoms with van der Waals surface area (Å²) in [5, 5.41) is 10.9. The van der Waals surface area contributed by atoms with Crippen molar-refractivity contribution in [3.8, 4) is 17.2 Å². The molecule has 102 valence electrons. The first-order valence-electron chi connectivity index (χ1n) is 6.51. The van der Waals surface area contributed by atoms with Crippen LogP contribution >= 0.6 is 11.6 Å². The van der Waals surface area contributed by atoms with Crippen molar-refractivity contribution in [2.75, 3.05) is 0 Å². The SMILES string of the molecule is N#Cc1nc2ccccc2cc1-c1ccc(CN)cc1Cl. The fraction of sp³-hybridized carbons (Fsp3) is 0.0588. The fourth-order valence-electron chi connectivity index (χ4n) is 2.31. The average molecular weight is 294 g/mol. The number of pyridine rings is 1. The Bertz CT molecular complexity index is 866. The molecule has 2 aromatic carbocycles. The van der Waals surface area contributed by atoms with Crippen molar-refractivity contribution < 1.29 is 0 Å². The predicted molar refractivity (Wildman–Crippen MR) is 84.8 cm³/mol. The van der Waals surface area contributed by atoms with Crippen LogP contribution in [0.25, 0.3) is 22.0 Å². The average Bonchev–Trinajstić information content (AvgIpc) is 2.53. The van der Waals surface area contributed by atoms with Gasteiger partial charge in [-0.15, -0.1) is 0 Å². The number of nitrogens with two attached hydrogens (primary N) is 1. The van der Waals surface area contributed by atoms with Crippen LogP contribution in [0.1, 0.15) is 11.3 Å². The van der Waals surface area contributed by atoms with Gasteiger partial charge in [0.2, 0.25) is 0 Å². The van der Waals surface area contributed by atoms with E-state index in [-0.39, 0.29) is 0 Å². The zero-order chi connectivity index (χ0) is 14.8. The fourth-order valence-corrected chi connectivity index (χ4v) is 2.62. The first-order chi connectivity index (χ1) is 10.2.